The van der Waals surface area contributed by atoms with E-state index in [0.717, 1.165) is 11.4 Å². The molecule has 3 rings (SSSR count). The summed E-state index contributed by atoms with van der Waals surface area (Å²) in [5.41, 5.74) is 2.19. The van der Waals surface area contributed by atoms with Crippen molar-refractivity contribution in [2.45, 2.75) is 25.7 Å². The normalized spacial score (nSPS) is 14.5. The van der Waals surface area contributed by atoms with Gasteiger partial charge in [0.25, 0.3) is 5.91 Å². The van der Waals surface area contributed by atoms with Crippen LogP contribution in [0, 0.1) is 6.92 Å². The van der Waals surface area contributed by atoms with Crippen molar-refractivity contribution in [1.29, 1.82) is 0 Å². The van der Waals surface area contributed by atoms with Crippen LogP contribution in [0.1, 0.15) is 40.6 Å². The van der Waals surface area contributed by atoms with Crippen LogP contribution in [0.25, 0.3) is 0 Å². The van der Waals surface area contributed by atoms with Crippen molar-refractivity contribution in [1.82, 2.24) is 15.0 Å². The highest BCUT2D eigenvalue weighted by atomic mass is 32.1. The molecule has 1 aliphatic rings. The van der Waals surface area contributed by atoms with Gasteiger partial charge in [0.2, 0.25) is 0 Å². The van der Waals surface area contributed by atoms with Gasteiger partial charge in [-0.25, -0.2) is 9.97 Å². The Morgan fingerprint density at radius 2 is 2.22 bits per heavy atom. The van der Waals surface area contributed by atoms with Crippen molar-refractivity contribution in [3.05, 3.63) is 34.9 Å². The highest BCUT2D eigenvalue weighted by Crippen LogP contribution is 2.40. The Hall–Kier alpha value is -1.82. The summed E-state index contributed by atoms with van der Waals surface area (Å²) in [6, 6.07) is 0. The van der Waals surface area contributed by atoms with E-state index in [9.17, 15) is 4.79 Å². The summed E-state index contributed by atoms with van der Waals surface area (Å²) in [5, 5.41) is 5.38. The van der Waals surface area contributed by atoms with Gasteiger partial charge >= 0.3 is 0 Å². The molecule has 18 heavy (non-hydrogen) atoms. The molecule has 0 radical (unpaired) electrons. The summed E-state index contributed by atoms with van der Waals surface area (Å²) in [7, 11) is 0. The molecule has 1 amide bonds. The molecule has 1 saturated carbocycles. The smallest absolute Gasteiger partial charge is 0.277 e. The van der Waals surface area contributed by atoms with Crippen molar-refractivity contribution in [2.24, 2.45) is 0 Å². The molecule has 2 aromatic rings. The number of carbonyl (C=O) groups is 1. The van der Waals surface area contributed by atoms with Gasteiger partial charge in [-0.3, -0.25) is 15.1 Å². The molecule has 6 heteroatoms. The fourth-order valence-corrected chi connectivity index (χ4v) is 2.37. The number of anilines is 1. The second kappa shape index (κ2) is 4.45. The van der Waals surface area contributed by atoms with Gasteiger partial charge in [-0.1, -0.05) is 0 Å². The molecule has 0 aromatic carbocycles. The van der Waals surface area contributed by atoms with Crippen LogP contribution in [0.15, 0.2) is 17.8 Å². The SMILES string of the molecule is Cc1cnc(C(=O)Nc2nc(C3CC3)cs2)cn1. The Morgan fingerprint density at radius 1 is 1.39 bits per heavy atom. The minimum absolute atomic E-state index is 0.265. The summed E-state index contributed by atoms with van der Waals surface area (Å²) in [5.74, 6) is 0.338. The molecule has 0 bridgehead atoms. The van der Waals surface area contributed by atoms with Gasteiger partial charge in [-0.15, -0.1) is 11.3 Å². The fourth-order valence-electron chi connectivity index (χ4n) is 1.58. The van der Waals surface area contributed by atoms with Gasteiger partial charge in [0.1, 0.15) is 5.69 Å². The highest BCUT2D eigenvalue weighted by molar-refractivity contribution is 7.14. The Bertz CT molecular complexity index is 574. The molecule has 1 fully saturated rings. The van der Waals surface area contributed by atoms with Crippen molar-refractivity contribution in [2.75, 3.05) is 5.32 Å². The van der Waals surface area contributed by atoms with E-state index < -0.39 is 0 Å². The monoisotopic (exact) mass is 260 g/mol. The first kappa shape index (κ1) is 11.3. The Kier molecular flexibility index (Phi) is 2.79. The third-order valence-corrected chi connectivity index (χ3v) is 3.53. The number of aryl methyl sites for hydroxylation is 1. The van der Waals surface area contributed by atoms with E-state index in [1.807, 2.05) is 12.3 Å². The molecule has 2 heterocycles. The standard InChI is InChI=1S/C12H12N4OS/c1-7-4-14-9(5-13-7)11(17)16-12-15-10(6-18-12)8-2-3-8/h4-6,8H,2-3H2,1H3,(H,15,16,17). The lowest BCUT2D eigenvalue weighted by Crippen LogP contribution is -2.14. The minimum Gasteiger partial charge on any atom is -0.296 e. The van der Waals surface area contributed by atoms with Crippen LogP contribution in [-0.4, -0.2) is 20.9 Å². The average Bonchev–Trinajstić information content (AvgIpc) is 3.11. The molecule has 5 nitrogen and oxygen atoms in total. The number of carbonyl (C=O) groups excluding carboxylic acids is 1. The predicted octanol–water partition coefficient (Wildman–Crippen LogP) is 2.37. The number of aromatic nitrogens is 3. The van der Waals surface area contributed by atoms with Crippen molar-refractivity contribution in [3.8, 4) is 0 Å². The number of rotatable bonds is 3. The van der Waals surface area contributed by atoms with Crippen molar-refractivity contribution < 1.29 is 4.79 Å². The Morgan fingerprint density at radius 3 is 2.89 bits per heavy atom. The third-order valence-electron chi connectivity index (χ3n) is 2.75. The molecular weight excluding hydrogens is 248 g/mol. The number of thiazole rings is 1. The lowest BCUT2D eigenvalue weighted by Gasteiger charge is -2.00. The zero-order valence-electron chi connectivity index (χ0n) is 9.88. The van der Waals surface area contributed by atoms with Gasteiger partial charge in [0.15, 0.2) is 5.13 Å². The van der Waals surface area contributed by atoms with Crippen LogP contribution in [0.4, 0.5) is 5.13 Å². The maximum absolute atomic E-state index is 11.9. The maximum atomic E-state index is 11.9. The second-order valence-corrected chi connectivity index (χ2v) is 5.21. The quantitative estimate of drug-likeness (QED) is 0.920. The van der Waals surface area contributed by atoms with E-state index in [1.54, 1.807) is 6.20 Å². The summed E-state index contributed by atoms with van der Waals surface area (Å²) in [6.45, 7) is 1.83. The zero-order chi connectivity index (χ0) is 12.5. The first-order valence-corrected chi connectivity index (χ1v) is 6.66. The van der Waals surface area contributed by atoms with Crippen LogP contribution < -0.4 is 5.32 Å². The molecule has 92 valence electrons. The lowest BCUT2D eigenvalue weighted by atomic mass is 10.3. The highest BCUT2D eigenvalue weighted by Gasteiger charge is 2.26. The summed E-state index contributed by atoms with van der Waals surface area (Å²) < 4.78 is 0. The lowest BCUT2D eigenvalue weighted by molar-refractivity contribution is 0.102. The first-order chi connectivity index (χ1) is 8.72. The number of nitrogens with zero attached hydrogens (tertiary/aromatic N) is 3. The first-order valence-electron chi connectivity index (χ1n) is 5.78. The van der Waals surface area contributed by atoms with Crippen molar-refractivity contribution in [3.63, 3.8) is 0 Å². The summed E-state index contributed by atoms with van der Waals surface area (Å²) >= 11 is 1.45. The third kappa shape index (κ3) is 2.38. The average molecular weight is 260 g/mol. The number of nitrogens with one attached hydrogen (secondary N) is 1. The van der Waals surface area contributed by atoms with Crippen LogP contribution in [0.5, 0.6) is 0 Å². The molecule has 0 atom stereocenters. The van der Waals surface area contributed by atoms with Gasteiger partial charge < -0.3 is 0 Å². The maximum Gasteiger partial charge on any atom is 0.277 e. The minimum atomic E-state index is -0.265. The van der Waals surface area contributed by atoms with Crippen molar-refractivity contribution >= 4 is 22.4 Å². The van der Waals surface area contributed by atoms with Gasteiger partial charge in [-0.05, 0) is 19.8 Å². The molecule has 1 aliphatic carbocycles. The van der Waals surface area contributed by atoms with E-state index in [-0.39, 0.29) is 5.91 Å². The van der Waals surface area contributed by atoms with E-state index in [2.05, 4.69) is 20.3 Å². The summed E-state index contributed by atoms with van der Waals surface area (Å²) in [6.07, 6.45) is 5.47. The van der Waals surface area contributed by atoms with Crippen LogP contribution in [-0.2, 0) is 0 Å². The number of hydrogen-bond donors (Lipinski definition) is 1. The van der Waals surface area contributed by atoms with E-state index in [1.165, 1.54) is 30.4 Å². The van der Waals surface area contributed by atoms with Crippen LogP contribution in [0.3, 0.4) is 0 Å². The Balaban J connectivity index is 1.70. The van der Waals surface area contributed by atoms with Crippen LogP contribution >= 0.6 is 11.3 Å². The van der Waals surface area contributed by atoms with Gasteiger partial charge in [0, 0.05) is 17.5 Å². The zero-order valence-corrected chi connectivity index (χ0v) is 10.7. The predicted molar refractivity (Wildman–Crippen MR) is 68.8 cm³/mol. The molecule has 0 aliphatic heterocycles. The van der Waals surface area contributed by atoms with E-state index >= 15 is 0 Å². The van der Waals surface area contributed by atoms with E-state index in [4.69, 9.17) is 0 Å². The molecule has 2 aromatic heterocycles. The molecule has 0 spiro atoms. The molecule has 1 N–H and O–H groups in total. The number of hydrogen-bond acceptors (Lipinski definition) is 5. The molecular formula is C12H12N4OS. The van der Waals surface area contributed by atoms with Gasteiger partial charge in [-0.2, -0.15) is 0 Å². The largest absolute Gasteiger partial charge is 0.296 e. The van der Waals surface area contributed by atoms with Crippen LogP contribution in [0.2, 0.25) is 0 Å². The molecule has 0 unspecified atom stereocenters. The van der Waals surface area contributed by atoms with Gasteiger partial charge in [0.05, 0.1) is 17.6 Å². The number of amides is 1. The Labute approximate surface area is 108 Å². The second-order valence-electron chi connectivity index (χ2n) is 4.35. The topological polar surface area (TPSA) is 67.8 Å². The molecule has 0 saturated heterocycles. The fraction of sp³-hybridized carbons (Fsp3) is 0.333. The summed E-state index contributed by atoms with van der Waals surface area (Å²) in [4.78, 5) is 24.3. The van der Waals surface area contributed by atoms with E-state index in [0.29, 0.717) is 16.7 Å².